The predicted octanol–water partition coefficient (Wildman–Crippen LogP) is 3.74. The lowest BCUT2D eigenvalue weighted by Crippen LogP contribution is -1.94. The number of benzene rings is 2. The van der Waals surface area contributed by atoms with Crippen molar-refractivity contribution in [1.82, 2.24) is 0 Å². The standard InChI is InChI=1S/C17H19NO2/c1-4-15(12-5-8-14(18)9-6-12)13-7-10-16(19-2)17(11-13)20-3/h4-11H,18H2,1-3H3. The maximum Gasteiger partial charge on any atom is 0.161 e. The molecule has 2 aromatic carbocycles. The molecule has 0 unspecified atom stereocenters. The molecule has 2 rings (SSSR count). The van der Waals surface area contributed by atoms with E-state index in [9.17, 15) is 0 Å². The fraction of sp³-hybridized carbons (Fsp3) is 0.176. The highest BCUT2D eigenvalue weighted by molar-refractivity contribution is 5.81. The Morgan fingerprint density at radius 3 is 2.05 bits per heavy atom. The van der Waals surface area contributed by atoms with Crippen LogP contribution in [0.3, 0.4) is 0 Å². The first-order valence-corrected chi connectivity index (χ1v) is 6.44. The highest BCUT2D eigenvalue weighted by Gasteiger charge is 2.09. The quantitative estimate of drug-likeness (QED) is 0.860. The molecule has 0 aliphatic rings. The molecule has 0 amide bonds. The van der Waals surface area contributed by atoms with E-state index in [2.05, 4.69) is 6.08 Å². The molecule has 0 atom stereocenters. The van der Waals surface area contributed by atoms with Gasteiger partial charge in [0.15, 0.2) is 11.5 Å². The van der Waals surface area contributed by atoms with Gasteiger partial charge >= 0.3 is 0 Å². The smallest absolute Gasteiger partial charge is 0.161 e. The monoisotopic (exact) mass is 269 g/mol. The Morgan fingerprint density at radius 1 is 0.900 bits per heavy atom. The topological polar surface area (TPSA) is 44.5 Å². The normalized spacial score (nSPS) is 11.2. The molecule has 0 radical (unpaired) electrons. The molecule has 2 aromatic rings. The summed E-state index contributed by atoms with van der Waals surface area (Å²) in [5, 5.41) is 0. The molecule has 3 nitrogen and oxygen atoms in total. The first kappa shape index (κ1) is 14.0. The molecule has 0 aromatic heterocycles. The van der Waals surface area contributed by atoms with Crippen LogP contribution in [-0.4, -0.2) is 14.2 Å². The third-order valence-corrected chi connectivity index (χ3v) is 3.20. The number of nitrogen functional groups attached to an aromatic ring is 1. The summed E-state index contributed by atoms with van der Waals surface area (Å²) in [4.78, 5) is 0. The van der Waals surface area contributed by atoms with Crippen molar-refractivity contribution in [2.45, 2.75) is 6.92 Å². The van der Waals surface area contributed by atoms with E-state index in [1.54, 1.807) is 14.2 Å². The highest BCUT2D eigenvalue weighted by atomic mass is 16.5. The number of ether oxygens (including phenoxy) is 2. The van der Waals surface area contributed by atoms with Crippen molar-refractivity contribution >= 4 is 11.3 Å². The van der Waals surface area contributed by atoms with Gasteiger partial charge in [-0.25, -0.2) is 0 Å². The van der Waals surface area contributed by atoms with E-state index in [-0.39, 0.29) is 0 Å². The van der Waals surface area contributed by atoms with Crippen LogP contribution < -0.4 is 15.2 Å². The number of methoxy groups -OCH3 is 2. The molecule has 0 saturated carbocycles. The Balaban J connectivity index is 2.45. The van der Waals surface area contributed by atoms with Gasteiger partial charge in [0.05, 0.1) is 14.2 Å². The van der Waals surface area contributed by atoms with Crippen molar-refractivity contribution in [3.8, 4) is 11.5 Å². The Bertz CT molecular complexity index is 615. The van der Waals surface area contributed by atoms with Crippen LogP contribution in [0.15, 0.2) is 48.5 Å². The number of rotatable bonds is 4. The van der Waals surface area contributed by atoms with Crippen LogP contribution in [0.5, 0.6) is 11.5 Å². The van der Waals surface area contributed by atoms with E-state index >= 15 is 0 Å². The van der Waals surface area contributed by atoms with Crippen molar-refractivity contribution in [3.05, 3.63) is 59.7 Å². The van der Waals surface area contributed by atoms with E-state index in [1.807, 2.05) is 49.4 Å². The van der Waals surface area contributed by atoms with Crippen molar-refractivity contribution in [1.29, 1.82) is 0 Å². The first-order chi connectivity index (χ1) is 9.69. The summed E-state index contributed by atoms with van der Waals surface area (Å²) < 4.78 is 10.6. The van der Waals surface area contributed by atoms with Crippen LogP contribution in [0.1, 0.15) is 18.1 Å². The van der Waals surface area contributed by atoms with Crippen LogP contribution in [0.4, 0.5) is 5.69 Å². The second kappa shape index (κ2) is 6.15. The minimum absolute atomic E-state index is 0.722. The molecule has 0 aliphatic carbocycles. The maximum absolute atomic E-state index is 5.73. The van der Waals surface area contributed by atoms with Gasteiger partial charge in [-0.2, -0.15) is 0 Å². The van der Waals surface area contributed by atoms with Gasteiger partial charge in [0, 0.05) is 5.69 Å². The third kappa shape index (κ3) is 2.77. The molecule has 0 spiro atoms. The molecule has 104 valence electrons. The fourth-order valence-corrected chi connectivity index (χ4v) is 2.17. The van der Waals surface area contributed by atoms with E-state index < -0.39 is 0 Å². The summed E-state index contributed by atoms with van der Waals surface area (Å²) in [5.41, 5.74) is 9.82. The van der Waals surface area contributed by atoms with Gasteiger partial charge in [0.1, 0.15) is 0 Å². The minimum atomic E-state index is 0.722. The Labute approximate surface area is 119 Å². The molecule has 3 heteroatoms. The highest BCUT2D eigenvalue weighted by Crippen LogP contribution is 2.32. The summed E-state index contributed by atoms with van der Waals surface area (Å²) >= 11 is 0. The van der Waals surface area contributed by atoms with Crippen LogP contribution in [0, 0.1) is 0 Å². The van der Waals surface area contributed by atoms with Crippen LogP contribution in [-0.2, 0) is 0 Å². The fourth-order valence-electron chi connectivity index (χ4n) is 2.17. The summed E-state index contributed by atoms with van der Waals surface area (Å²) in [6.07, 6.45) is 2.08. The van der Waals surface area contributed by atoms with Crippen LogP contribution >= 0.6 is 0 Å². The SMILES string of the molecule is CC=C(c1ccc(N)cc1)c1ccc(OC)c(OC)c1. The summed E-state index contributed by atoms with van der Waals surface area (Å²) in [5.74, 6) is 1.45. The van der Waals surface area contributed by atoms with Crippen molar-refractivity contribution in [2.24, 2.45) is 0 Å². The lowest BCUT2D eigenvalue weighted by Gasteiger charge is -2.12. The number of allylic oxidation sites excluding steroid dienone is 1. The average Bonchev–Trinajstić information content (AvgIpc) is 2.49. The Hall–Kier alpha value is -2.42. The van der Waals surface area contributed by atoms with E-state index in [4.69, 9.17) is 15.2 Å². The van der Waals surface area contributed by atoms with Crippen molar-refractivity contribution in [2.75, 3.05) is 20.0 Å². The summed E-state index contributed by atoms with van der Waals surface area (Å²) in [7, 11) is 3.27. The van der Waals surface area contributed by atoms with Crippen LogP contribution in [0.2, 0.25) is 0 Å². The lowest BCUT2D eigenvalue weighted by atomic mass is 9.97. The number of hydrogen-bond acceptors (Lipinski definition) is 3. The second-order valence-corrected chi connectivity index (χ2v) is 4.39. The molecule has 0 fully saturated rings. The van der Waals surface area contributed by atoms with Crippen molar-refractivity contribution in [3.63, 3.8) is 0 Å². The average molecular weight is 269 g/mol. The molecule has 0 aliphatic heterocycles. The van der Waals surface area contributed by atoms with Gasteiger partial charge in [-0.1, -0.05) is 24.3 Å². The van der Waals surface area contributed by atoms with Crippen LogP contribution in [0.25, 0.3) is 5.57 Å². The zero-order valence-corrected chi connectivity index (χ0v) is 12.0. The lowest BCUT2D eigenvalue weighted by molar-refractivity contribution is 0.355. The Morgan fingerprint density at radius 2 is 1.50 bits per heavy atom. The second-order valence-electron chi connectivity index (χ2n) is 4.39. The molecule has 2 N–H and O–H groups in total. The zero-order chi connectivity index (χ0) is 14.5. The van der Waals surface area contributed by atoms with Gasteiger partial charge < -0.3 is 15.2 Å². The number of nitrogens with two attached hydrogens (primary N) is 1. The third-order valence-electron chi connectivity index (χ3n) is 3.20. The summed E-state index contributed by atoms with van der Waals surface area (Å²) in [6.45, 7) is 2.02. The van der Waals surface area contributed by atoms with Crippen molar-refractivity contribution < 1.29 is 9.47 Å². The molecular formula is C17H19NO2. The molecular weight excluding hydrogens is 250 g/mol. The maximum atomic E-state index is 5.73. The Kier molecular flexibility index (Phi) is 4.31. The van der Waals surface area contributed by atoms with E-state index in [0.717, 1.165) is 33.9 Å². The number of anilines is 1. The van der Waals surface area contributed by atoms with Gasteiger partial charge in [-0.05, 0) is 47.9 Å². The van der Waals surface area contributed by atoms with Gasteiger partial charge in [-0.3, -0.25) is 0 Å². The summed E-state index contributed by atoms with van der Waals surface area (Å²) in [6, 6.07) is 13.7. The van der Waals surface area contributed by atoms with Gasteiger partial charge in [0.2, 0.25) is 0 Å². The molecule has 0 saturated heterocycles. The molecule has 0 bridgehead atoms. The first-order valence-electron chi connectivity index (χ1n) is 6.44. The zero-order valence-electron chi connectivity index (χ0n) is 12.0. The largest absolute Gasteiger partial charge is 0.493 e. The van der Waals surface area contributed by atoms with E-state index in [1.165, 1.54) is 0 Å². The van der Waals surface area contributed by atoms with E-state index in [0.29, 0.717) is 0 Å². The van der Waals surface area contributed by atoms with Gasteiger partial charge in [0.25, 0.3) is 0 Å². The molecule has 0 heterocycles. The molecule has 20 heavy (non-hydrogen) atoms. The predicted molar refractivity (Wildman–Crippen MR) is 83.2 cm³/mol. The number of hydrogen-bond donors (Lipinski definition) is 1. The minimum Gasteiger partial charge on any atom is -0.493 e. The van der Waals surface area contributed by atoms with Gasteiger partial charge in [-0.15, -0.1) is 0 Å².